The Kier molecular flexibility index (Phi) is 7.19. The molecule has 3 aromatic rings. The van der Waals surface area contributed by atoms with Crippen LogP contribution < -0.4 is 20.1 Å². The lowest BCUT2D eigenvalue weighted by Gasteiger charge is -2.25. The van der Waals surface area contributed by atoms with Gasteiger partial charge in [0.15, 0.2) is 0 Å². The van der Waals surface area contributed by atoms with E-state index in [1.54, 1.807) is 61.5 Å². The maximum Gasteiger partial charge on any atom is 0.325 e. The quantitative estimate of drug-likeness (QED) is 0.465. The number of benzene rings is 3. The van der Waals surface area contributed by atoms with Crippen molar-refractivity contribution >= 4 is 23.5 Å². The molecule has 4 amide bonds. The van der Waals surface area contributed by atoms with Gasteiger partial charge in [-0.15, -0.1) is 0 Å². The number of aryl methyl sites for hydroxylation is 1. The number of urea groups is 1. The summed E-state index contributed by atoms with van der Waals surface area (Å²) in [5.74, 6) is -0.657. The predicted molar refractivity (Wildman–Crippen MR) is 131 cm³/mol. The third-order valence-corrected chi connectivity index (χ3v) is 6.01. The number of methoxy groups -OCH3 is 2. The molecule has 2 N–H and O–H groups in total. The van der Waals surface area contributed by atoms with Crippen molar-refractivity contribution in [2.45, 2.75) is 25.4 Å². The zero-order valence-electron chi connectivity index (χ0n) is 20.1. The van der Waals surface area contributed by atoms with Gasteiger partial charge in [0.1, 0.15) is 29.4 Å². The van der Waals surface area contributed by atoms with Crippen LogP contribution in [0.1, 0.15) is 22.7 Å². The summed E-state index contributed by atoms with van der Waals surface area (Å²) in [5.41, 5.74) is 1.89. The van der Waals surface area contributed by atoms with Gasteiger partial charge in [0.25, 0.3) is 5.91 Å². The van der Waals surface area contributed by atoms with Crippen molar-refractivity contribution in [3.63, 3.8) is 0 Å². The van der Waals surface area contributed by atoms with Gasteiger partial charge in [-0.25, -0.2) is 14.1 Å². The van der Waals surface area contributed by atoms with Gasteiger partial charge in [-0.1, -0.05) is 30.3 Å². The van der Waals surface area contributed by atoms with E-state index < -0.39 is 35.7 Å². The minimum Gasteiger partial charge on any atom is -0.497 e. The topological polar surface area (TPSA) is 97.0 Å². The Morgan fingerprint density at radius 2 is 1.61 bits per heavy atom. The Labute approximate surface area is 208 Å². The number of nitrogens with one attached hydrogen (secondary N) is 2. The highest BCUT2D eigenvalue weighted by molar-refractivity contribution is 6.09. The van der Waals surface area contributed by atoms with Crippen molar-refractivity contribution < 1.29 is 28.2 Å². The first kappa shape index (κ1) is 24.7. The molecule has 1 aliphatic heterocycles. The number of carbonyl (C=O) groups is 3. The van der Waals surface area contributed by atoms with Crippen LogP contribution in [0.25, 0.3) is 0 Å². The molecule has 3 aromatic carbocycles. The van der Waals surface area contributed by atoms with Gasteiger partial charge in [0.05, 0.1) is 19.9 Å². The molecule has 1 heterocycles. The van der Waals surface area contributed by atoms with Crippen LogP contribution in [0.2, 0.25) is 0 Å². The first-order valence-corrected chi connectivity index (χ1v) is 11.3. The van der Waals surface area contributed by atoms with Gasteiger partial charge >= 0.3 is 6.03 Å². The summed E-state index contributed by atoms with van der Waals surface area (Å²) in [6, 6.07) is 15.1. The molecule has 1 aliphatic rings. The molecule has 0 radical (unpaired) electrons. The van der Waals surface area contributed by atoms with E-state index in [4.69, 9.17) is 9.47 Å². The highest BCUT2D eigenvalue weighted by Crippen LogP contribution is 2.27. The number of amides is 4. The van der Waals surface area contributed by atoms with Gasteiger partial charge in [-0.05, 0) is 60.0 Å². The highest BCUT2D eigenvalue weighted by atomic mass is 19.1. The van der Waals surface area contributed by atoms with Gasteiger partial charge in [-0.3, -0.25) is 9.59 Å². The monoisotopic (exact) mass is 491 g/mol. The summed E-state index contributed by atoms with van der Waals surface area (Å²) in [6.45, 7) is 1.73. The lowest BCUT2D eigenvalue weighted by atomic mass is 10.0. The van der Waals surface area contributed by atoms with Gasteiger partial charge in [0.2, 0.25) is 5.91 Å². The van der Waals surface area contributed by atoms with E-state index in [0.29, 0.717) is 28.2 Å². The molecule has 0 spiro atoms. The van der Waals surface area contributed by atoms with Crippen molar-refractivity contribution in [2.75, 3.05) is 19.5 Å². The number of rotatable bonds is 8. The molecule has 0 aliphatic carbocycles. The fourth-order valence-electron chi connectivity index (χ4n) is 4.03. The highest BCUT2D eigenvalue weighted by Gasteiger charge is 2.45. The van der Waals surface area contributed by atoms with Gasteiger partial charge in [0, 0.05) is 6.42 Å². The first-order chi connectivity index (χ1) is 17.3. The fraction of sp³-hybridized carbons (Fsp3) is 0.222. The Hall–Kier alpha value is -4.40. The molecule has 9 heteroatoms. The summed E-state index contributed by atoms with van der Waals surface area (Å²) in [4.78, 5) is 40.7. The van der Waals surface area contributed by atoms with Crippen LogP contribution in [-0.2, 0) is 16.0 Å². The predicted octanol–water partition coefficient (Wildman–Crippen LogP) is 3.99. The second-order valence-electron chi connectivity index (χ2n) is 8.40. The van der Waals surface area contributed by atoms with Crippen LogP contribution in [0, 0.1) is 12.7 Å². The van der Waals surface area contributed by atoms with E-state index in [0.717, 1.165) is 4.90 Å². The minimum atomic E-state index is -1.23. The number of anilines is 1. The Bertz CT molecular complexity index is 1280. The summed E-state index contributed by atoms with van der Waals surface area (Å²) < 4.78 is 24.8. The molecular weight excluding hydrogens is 465 g/mol. The van der Waals surface area contributed by atoms with Crippen LogP contribution in [0.3, 0.4) is 0 Å². The van der Waals surface area contributed by atoms with Crippen molar-refractivity contribution in [1.82, 2.24) is 10.2 Å². The second kappa shape index (κ2) is 10.5. The Morgan fingerprint density at radius 1 is 1.00 bits per heavy atom. The number of carbonyl (C=O) groups excluding carboxylic acids is 3. The Morgan fingerprint density at radius 3 is 2.19 bits per heavy atom. The van der Waals surface area contributed by atoms with Crippen molar-refractivity contribution in [3.8, 4) is 11.5 Å². The zero-order chi connectivity index (χ0) is 25.8. The molecule has 186 valence electrons. The third-order valence-electron chi connectivity index (χ3n) is 6.01. The molecule has 1 fully saturated rings. The number of ether oxygens (including phenoxy) is 2. The molecule has 1 saturated heterocycles. The lowest BCUT2D eigenvalue weighted by Crippen LogP contribution is -2.49. The standard InChI is InChI=1S/C27H26FN3O5/c1-16-4-13-22(21(28)14-16)29-25(32)23(15-17-5-9-19(35-2)10-6-17)31-26(33)24(30-27(31)34)18-7-11-20(36-3)12-8-18/h4-14,23-24H,15H2,1-3H3,(H,29,32)(H,30,34)/t23-,24+/m0/s1. The first-order valence-electron chi connectivity index (χ1n) is 11.3. The van der Waals surface area contributed by atoms with E-state index >= 15 is 0 Å². The molecule has 0 aromatic heterocycles. The van der Waals surface area contributed by atoms with Gasteiger partial charge in [-0.2, -0.15) is 0 Å². The van der Waals surface area contributed by atoms with Crippen LogP contribution in [0.5, 0.6) is 11.5 Å². The average molecular weight is 492 g/mol. The van der Waals surface area contributed by atoms with E-state index in [9.17, 15) is 18.8 Å². The summed E-state index contributed by atoms with van der Waals surface area (Å²) >= 11 is 0. The van der Waals surface area contributed by atoms with E-state index in [-0.39, 0.29) is 12.1 Å². The van der Waals surface area contributed by atoms with Crippen LogP contribution in [-0.4, -0.2) is 43.0 Å². The maximum atomic E-state index is 14.5. The summed E-state index contributed by atoms with van der Waals surface area (Å²) in [7, 11) is 3.06. The molecule has 0 bridgehead atoms. The van der Waals surface area contributed by atoms with Crippen molar-refractivity contribution in [1.29, 1.82) is 0 Å². The lowest BCUT2D eigenvalue weighted by molar-refractivity contribution is -0.134. The number of hydrogen-bond acceptors (Lipinski definition) is 5. The molecule has 4 rings (SSSR count). The number of halogens is 1. The number of hydrogen-bond donors (Lipinski definition) is 2. The number of nitrogens with zero attached hydrogens (tertiary/aromatic N) is 1. The fourth-order valence-corrected chi connectivity index (χ4v) is 4.03. The smallest absolute Gasteiger partial charge is 0.325 e. The average Bonchev–Trinajstić information content (AvgIpc) is 3.18. The van der Waals surface area contributed by atoms with Crippen LogP contribution in [0.4, 0.5) is 14.9 Å². The maximum absolute atomic E-state index is 14.5. The van der Waals surface area contributed by atoms with E-state index in [1.807, 2.05) is 0 Å². The largest absolute Gasteiger partial charge is 0.497 e. The van der Waals surface area contributed by atoms with Crippen molar-refractivity contribution in [2.24, 2.45) is 0 Å². The van der Waals surface area contributed by atoms with Crippen LogP contribution >= 0.6 is 0 Å². The molecule has 0 unspecified atom stereocenters. The molecule has 36 heavy (non-hydrogen) atoms. The van der Waals surface area contributed by atoms with E-state index in [2.05, 4.69) is 10.6 Å². The zero-order valence-corrected chi connectivity index (χ0v) is 20.1. The molecule has 2 atom stereocenters. The summed E-state index contributed by atoms with van der Waals surface area (Å²) in [6.07, 6.45) is 0.0256. The molecule has 8 nitrogen and oxygen atoms in total. The number of imide groups is 1. The summed E-state index contributed by atoms with van der Waals surface area (Å²) in [5, 5.41) is 5.19. The molecule has 0 saturated carbocycles. The third kappa shape index (κ3) is 5.14. The Balaban J connectivity index is 1.64. The second-order valence-corrected chi connectivity index (χ2v) is 8.40. The van der Waals surface area contributed by atoms with Crippen molar-refractivity contribution in [3.05, 3.63) is 89.2 Å². The van der Waals surface area contributed by atoms with Gasteiger partial charge < -0.3 is 20.1 Å². The van der Waals surface area contributed by atoms with E-state index in [1.165, 1.54) is 26.4 Å². The minimum absolute atomic E-state index is 0.0256. The molecular formula is C27H26FN3O5. The normalized spacial score (nSPS) is 15.9. The SMILES string of the molecule is COc1ccc(C[C@@H](C(=O)Nc2ccc(C)cc2F)N2C(=O)N[C@H](c3ccc(OC)cc3)C2=O)cc1. The van der Waals surface area contributed by atoms with Crippen LogP contribution in [0.15, 0.2) is 66.7 Å².